The van der Waals surface area contributed by atoms with Crippen LogP contribution < -0.4 is 10.8 Å². The van der Waals surface area contributed by atoms with Gasteiger partial charge in [0, 0.05) is 13.3 Å². The number of unbranched alkanes of at least 4 members (excludes halogenated alkanes) is 12. The summed E-state index contributed by atoms with van der Waals surface area (Å²) >= 11 is 0. The van der Waals surface area contributed by atoms with Crippen molar-refractivity contribution in [3.05, 3.63) is 24.6 Å². The van der Waals surface area contributed by atoms with Gasteiger partial charge in [-0.25, -0.2) is 9.48 Å². The molecule has 1 rings (SSSR count). The van der Waals surface area contributed by atoms with Crippen molar-refractivity contribution in [3.8, 4) is 0 Å². The Balaban J connectivity index is 2.01. The summed E-state index contributed by atoms with van der Waals surface area (Å²) in [4.78, 5) is 15.6. The van der Waals surface area contributed by atoms with E-state index in [1.807, 2.05) is 6.92 Å². The van der Waals surface area contributed by atoms with E-state index in [0.29, 0.717) is 0 Å². The predicted molar refractivity (Wildman–Crippen MR) is 120 cm³/mol. The lowest BCUT2D eigenvalue weighted by atomic mass is 10.0. The lowest BCUT2D eigenvalue weighted by Gasteiger charge is -2.36. The third-order valence-electron chi connectivity index (χ3n) is 5.91. The molecule has 166 valence electrons. The molecule has 2 atom stereocenters. The average Bonchev–Trinajstić information content (AvgIpc) is 3.08. The number of hydrogen-bond donors (Lipinski definition) is 1. The fraction of sp³-hybridized carbons (Fsp3) is 0.750. The third-order valence-corrected chi connectivity index (χ3v) is 5.91. The summed E-state index contributed by atoms with van der Waals surface area (Å²) in [6.45, 7) is 3.79. The van der Waals surface area contributed by atoms with Gasteiger partial charge >= 0.3 is 0 Å². The molecule has 1 aliphatic rings. The van der Waals surface area contributed by atoms with E-state index in [0.717, 1.165) is 25.1 Å². The van der Waals surface area contributed by atoms with Crippen molar-refractivity contribution in [1.29, 1.82) is 0 Å². The van der Waals surface area contributed by atoms with Gasteiger partial charge in [0.25, 0.3) is 0 Å². The third kappa shape index (κ3) is 10.2. The van der Waals surface area contributed by atoms with Crippen molar-refractivity contribution in [2.24, 2.45) is 10.7 Å². The number of allylic oxidation sites excluding steroid dienone is 2. The van der Waals surface area contributed by atoms with Crippen LogP contribution in [0.5, 0.6) is 0 Å². The first-order chi connectivity index (χ1) is 14.0. The lowest BCUT2D eigenvalue weighted by Crippen LogP contribution is -2.60. The normalized spacial score (nSPS) is 19.8. The largest absolute Gasteiger partial charge is 0.544 e. The molecule has 1 aliphatic heterocycles. The second-order valence-corrected chi connectivity index (χ2v) is 8.40. The number of carbonyl (C=O) groups is 1. The minimum atomic E-state index is -1.09. The van der Waals surface area contributed by atoms with Gasteiger partial charge in [-0.05, 0) is 26.2 Å². The maximum Gasteiger partial charge on any atom is 0.209 e. The van der Waals surface area contributed by atoms with Crippen molar-refractivity contribution in [3.63, 3.8) is 0 Å². The molecule has 2 unspecified atom stereocenters. The van der Waals surface area contributed by atoms with E-state index in [9.17, 15) is 9.90 Å². The fourth-order valence-electron chi connectivity index (χ4n) is 4.06. The van der Waals surface area contributed by atoms with Gasteiger partial charge < -0.3 is 9.90 Å². The van der Waals surface area contributed by atoms with Crippen LogP contribution in [0, 0.1) is 0 Å². The number of nitrogens with two attached hydrogens (primary N) is 1. The smallest absolute Gasteiger partial charge is 0.209 e. The molecule has 29 heavy (non-hydrogen) atoms. The van der Waals surface area contributed by atoms with E-state index < -0.39 is 5.97 Å². The summed E-state index contributed by atoms with van der Waals surface area (Å²) in [7, 11) is 0. The summed E-state index contributed by atoms with van der Waals surface area (Å²) < 4.78 is 0.109. The molecule has 0 aromatic heterocycles. The molecule has 0 saturated heterocycles. The van der Waals surface area contributed by atoms with Crippen LogP contribution in [0.1, 0.15) is 104 Å². The number of quaternary nitrogens is 1. The average molecular weight is 406 g/mol. The van der Waals surface area contributed by atoms with Gasteiger partial charge in [-0.2, -0.15) is 0 Å². The minimum Gasteiger partial charge on any atom is -0.544 e. The van der Waals surface area contributed by atoms with Gasteiger partial charge in [0.1, 0.15) is 18.9 Å². The van der Waals surface area contributed by atoms with Crippen LogP contribution in [-0.2, 0) is 4.79 Å². The maximum atomic E-state index is 11.1. The first-order valence-electron chi connectivity index (χ1n) is 11.7. The highest BCUT2D eigenvalue weighted by Gasteiger charge is 2.38. The summed E-state index contributed by atoms with van der Waals surface area (Å²) in [5.74, 6) is -0.231. The molecule has 5 nitrogen and oxygen atoms in total. The second-order valence-electron chi connectivity index (χ2n) is 8.40. The standard InChI is InChI=1S/C24H43N3O2/c1-3-4-5-6-7-8-9-10-11-12-13-14-15-16-17-18-23-26-19-20-27(23,22(2)25)21-24(28)29/h3-4,19-20,22H,5-18,21,25H2,1-2H3/b4-3+. The Labute approximate surface area is 178 Å². The predicted octanol–water partition coefficient (Wildman–Crippen LogP) is 4.78. The van der Waals surface area contributed by atoms with Gasteiger partial charge in [0.15, 0.2) is 0 Å². The van der Waals surface area contributed by atoms with Gasteiger partial charge in [-0.1, -0.05) is 76.4 Å². The Morgan fingerprint density at radius 1 is 1.03 bits per heavy atom. The van der Waals surface area contributed by atoms with Crippen molar-refractivity contribution in [1.82, 2.24) is 0 Å². The SMILES string of the molecule is C/C=C/CCCCCCCCCCCCCCC1=NC=C[N+]1(CC(=O)[O-])C(C)N. The fourth-order valence-corrected chi connectivity index (χ4v) is 4.06. The summed E-state index contributed by atoms with van der Waals surface area (Å²) in [6, 6.07) is 0. The van der Waals surface area contributed by atoms with Crippen molar-refractivity contribution in [2.45, 2.75) is 110 Å². The van der Waals surface area contributed by atoms with E-state index >= 15 is 0 Å². The van der Waals surface area contributed by atoms with Crippen LogP contribution in [0.15, 0.2) is 29.5 Å². The van der Waals surface area contributed by atoms with Gasteiger partial charge in [0.05, 0.1) is 12.2 Å². The van der Waals surface area contributed by atoms with Gasteiger partial charge in [-0.3, -0.25) is 5.73 Å². The summed E-state index contributed by atoms with van der Waals surface area (Å²) in [5, 5.41) is 11.1. The van der Waals surface area contributed by atoms with E-state index in [1.54, 1.807) is 12.4 Å². The van der Waals surface area contributed by atoms with Crippen LogP contribution in [0.3, 0.4) is 0 Å². The van der Waals surface area contributed by atoms with Crippen LogP contribution in [0.4, 0.5) is 0 Å². The Hall–Kier alpha value is -1.46. The molecule has 0 aliphatic carbocycles. The zero-order valence-electron chi connectivity index (χ0n) is 18.8. The monoisotopic (exact) mass is 405 g/mol. The number of hydrogen-bond acceptors (Lipinski definition) is 4. The molecule has 0 spiro atoms. The highest BCUT2D eigenvalue weighted by Crippen LogP contribution is 2.23. The molecular formula is C24H43N3O2. The van der Waals surface area contributed by atoms with E-state index in [2.05, 4.69) is 24.1 Å². The van der Waals surface area contributed by atoms with E-state index in [-0.39, 0.29) is 17.2 Å². The maximum absolute atomic E-state index is 11.1. The zero-order valence-corrected chi connectivity index (χ0v) is 18.8. The molecule has 0 aromatic carbocycles. The zero-order chi connectivity index (χ0) is 21.4. The minimum absolute atomic E-state index is 0.109. The van der Waals surface area contributed by atoms with Crippen LogP contribution in [0.2, 0.25) is 0 Å². The Bertz CT molecular complexity index is 540. The molecule has 5 heteroatoms. The number of amidine groups is 1. The van der Waals surface area contributed by atoms with Crippen LogP contribution in [-0.4, -0.2) is 29.0 Å². The van der Waals surface area contributed by atoms with E-state index in [1.165, 1.54) is 70.6 Å². The second kappa shape index (κ2) is 15.4. The molecule has 0 aromatic rings. The molecular weight excluding hydrogens is 362 g/mol. The number of nitrogens with zero attached hydrogens (tertiary/aromatic N) is 2. The number of aliphatic carboxylic acids is 1. The Morgan fingerprint density at radius 2 is 1.55 bits per heavy atom. The number of carboxylic acid groups (broad SMARTS) is 1. The topological polar surface area (TPSA) is 78.5 Å². The Morgan fingerprint density at radius 3 is 2.03 bits per heavy atom. The molecule has 0 saturated carbocycles. The number of aliphatic imine (C=N–C) groups is 1. The molecule has 2 N–H and O–H groups in total. The first kappa shape index (κ1) is 25.6. The molecule has 0 bridgehead atoms. The molecule has 0 fully saturated rings. The van der Waals surface area contributed by atoms with Gasteiger partial charge in [-0.15, -0.1) is 0 Å². The van der Waals surface area contributed by atoms with Gasteiger partial charge in [0.2, 0.25) is 5.84 Å². The van der Waals surface area contributed by atoms with Crippen molar-refractivity contribution >= 4 is 11.8 Å². The van der Waals surface area contributed by atoms with Crippen LogP contribution >= 0.6 is 0 Å². The summed E-state index contributed by atoms with van der Waals surface area (Å²) in [6.07, 6.45) is 25.2. The Kier molecular flexibility index (Phi) is 13.6. The molecule has 1 heterocycles. The lowest BCUT2D eigenvalue weighted by molar-refractivity contribution is -0.808. The summed E-state index contributed by atoms with van der Waals surface area (Å²) in [5.41, 5.74) is 6.07. The van der Waals surface area contributed by atoms with E-state index in [4.69, 9.17) is 5.73 Å². The molecule has 0 radical (unpaired) electrons. The highest BCUT2D eigenvalue weighted by molar-refractivity contribution is 5.81. The first-order valence-corrected chi connectivity index (χ1v) is 11.7. The quantitative estimate of drug-likeness (QED) is 0.202. The highest BCUT2D eigenvalue weighted by atomic mass is 16.4. The molecule has 0 amide bonds. The van der Waals surface area contributed by atoms with Crippen molar-refractivity contribution < 1.29 is 14.4 Å². The number of carboxylic acids is 1. The van der Waals surface area contributed by atoms with Crippen LogP contribution in [0.25, 0.3) is 0 Å². The van der Waals surface area contributed by atoms with Crippen molar-refractivity contribution in [2.75, 3.05) is 6.54 Å². The number of carbonyl (C=O) groups excluding carboxylic acids is 1. The number of rotatable bonds is 18.